The van der Waals surface area contributed by atoms with Crippen molar-refractivity contribution in [2.45, 2.75) is 32.4 Å². The number of phenols is 1. The van der Waals surface area contributed by atoms with E-state index in [1.807, 2.05) is 0 Å². The van der Waals surface area contributed by atoms with Gasteiger partial charge in [0.1, 0.15) is 5.75 Å². The van der Waals surface area contributed by atoms with E-state index in [-0.39, 0.29) is 17.2 Å². The highest BCUT2D eigenvalue weighted by molar-refractivity contribution is 5.43. The van der Waals surface area contributed by atoms with Gasteiger partial charge in [-0.2, -0.15) is 13.2 Å². The van der Waals surface area contributed by atoms with Gasteiger partial charge in [0, 0.05) is 5.56 Å². The Morgan fingerprint density at radius 3 is 2.40 bits per heavy atom. The maximum Gasteiger partial charge on any atom is 0.416 e. The lowest BCUT2D eigenvalue weighted by molar-refractivity contribution is -0.138. The van der Waals surface area contributed by atoms with Crippen molar-refractivity contribution in [3.05, 3.63) is 29.3 Å². The quantitative estimate of drug-likeness (QED) is 0.797. The van der Waals surface area contributed by atoms with Crippen molar-refractivity contribution in [2.24, 2.45) is 0 Å². The molecule has 0 spiro atoms. The van der Waals surface area contributed by atoms with Crippen LogP contribution in [0.5, 0.6) is 5.75 Å². The van der Waals surface area contributed by atoms with Gasteiger partial charge in [0.25, 0.3) is 0 Å². The number of alkyl halides is 3. The molecular weight excluding hydrogens is 205 g/mol. The summed E-state index contributed by atoms with van der Waals surface area (Å²) >= 11 is 0. The molecule has 1 aromatic carbocycles. The molecule has 1 nitrogen and oxygen atoms in total. The molecule has 4 heteroatoms. The maximum atomic E-state index is 12.6. The van der Waals surface area contributed by atoms with Gasteiger partial charge >= 0.3 is 6.18 Å². The second kappa shape index (κ2) is 4.13. The fraction of sp³-hybridized carbons (Fsp3) is 0.455. The minimum Gasteiger partial charge on any atom is -0.508 e. The lowest BCUT2D eigenvalue weighted by atomic mass is 9.92. The standard InChI is InChI=1S/C11H13F3O/c1-3-7(2)10-8(11(12,13)14)5-4-6-9(10)15/h4-7,15H,3H2,1-2H3. The topological polar surface area (TPSA) is 20.2 Å². The van der Waals surface area contributed by atoms with E-state index in [2.05, 4.69) is 0 Å². The molecule has 1 unspecified atom stereocenters. The summed E-state index contributed by atoms with van der Waals surface area (Å²) in [4.78, 5) is 0. The van der Waals surface area contributed by atoms with Crippen LogP contribution in [0.2, 0.25) is 0 Å². The predicted octanol–water partition coefficient (Wildman–Crippen LogP) is 3.92. The number of benzene rings is 1. The van der Waals surface area contributed by atoms with Crippen molar-refractivity contribution < 1.29 is 18.3 Å². The second-order valence-corrected chi connectivity index (χ2v) is 3.55. The molecule has 0 heterocycles. The normalized spacial score (nSPS) is 13.9. The van der Waals surface area contributed by atoms with Gasteiger partial charge in [-0.1, -0.05) is 19.9 Å². The summed E-state index contributed by atoms with van der Waals surface area (Å²) in [6.45, 7) is 3.46. The van der Waals surface area contributed by atoms with Crippen LogP contribution in [0.3, 0.4) is 0 Å². The molecule has 0 fully saturated rings. The van der Waals surface area contributed by atoms with Gasteiger partial charge in [-0.3, -0.25) is 0 Å². The third-order valence-electron chi connectivity index (χ3n) is 2.49. The van der Waals surface area contributed by atoms with E-state index < -0.39 is 11.7 Å². The third-order valence-corrected chi connectivity index (χ3v) is 2.49. The van der Waals surface area contributed by atoms with E-state index in [0.29, 0.717) is 6.42 Å². The van der Waals surface area contributed by atoms with Crippen molar-refractivity contribution in [3.63, 3.8) is 0 Å². The first kappa shape index (κ1) is 11.9. The van der Waals surface area contributed by atoms with Crippen molar-refractivity contribution in [3.8, 4) is 5.75 Å². The predicted molar refractivity (Wildman–Crippen MR) is 51.8 cm³/mol. The maximum absolute atomic E-state index is 12.6. The van der Waals surface area contributed by atoms with E-state index in [4.69, 9.17) is 0 Å². The monoisotopic (exact) mass is 218 g/mol. The molecule has 0 aliphatic heterocycles. The van der Waals surface area contributed by atoms with Crippen LogP contribution in [0.25, 0.3) is 0 Å². The van der Waals surface area contributed by atoms with Gasteiger partial charge in [0.05, 0.1) is 5.56 Å². The van der Waals surface area contributed by atoms with Crippen molar-refractivity contribution in [1.82, 2.24) is 0 Å². The average molecular weight is 218 g/mol. The number of phenolic OH excluding ortho intramolecular Hbond substituents is 1. The molecule has 0 saturated heterocycles. The summed E-state index contributed by atoms with van der Waals surface area (Å²) < 4.78 is 37.8. The largest absolute Gasteiger partial charge is 0.508 e. The van der Waals surface area contributed by atoms with Gasteiger partial charge in [-0.05, 0) is 24.5 Å². The molecule has 0 radical (unpaired) electrons. The Morgan fingerprint density at radius 1 is 1.33 bits per heavy atom. The van der Waals surface area contributed by atoms with E-state index in [1.165, 1.54) is 12.1 Å². The van der Waals surface area contributed by atoms with Crippen LogP contribution in [0.4, 0.5) is 13.2 Å². The Kier molecular flexibility index (Phi) is 3.27. The summed E-state index contributed by atoms with van der Waals surface area (Å²) in [6, 6.07) is 3.50. The Hall–Kier alpha value is -1.19. The summed E-state index contributed by atoms with van der Waals surface area (Å²) in [5, 5.41) is 9.46. The third kappa shape index (κ3) is 2.43. The van der Waals surface area contributed by atoms with E-state index in [1.54, 1.807) is 13.8 Å². The van der Waals surface area contributed by atoms with Gasteiger partial charge in [-0.15, -0.1) is 0 Å². The Labute approximate surface area is 86.5 Å². The first-order valence-corrected chi connectivity index (χ1v) is 4.77. The van der Waals surface area contributed by atoms with Gasteiger partial charge < -0.3 is 5.11 Å². The summed E-state index contributed by atoms with van der Waals surface area (Å²) in [7, 11) is 0. The van der Waals surface area contributed by atoms with Gasteiger partial charge in [-0.25, -0.2) is 0 Å². The molecule has 1 N–H and O–H groups in total. The zero-order chi connectivity index (χ0) is 11.6. The molecule has 1 aromatic rings. The van der Waals surface area contributed by atoms with Crippen LogP contribution in [-0.2, 0) is 6.18 Å². The highest BCUT2D eigenvalue weighted by atomic mass is 19.4. The number of aromatic hydroxyl groups is 1. The first-order chi connectivity index (χ1) is 6.88. The zero-order valence-electron chi connectivity index (χ0n) is 8.60. The number of halogens is 3. The van der Waals surface area contributed by atoms with Crippen LogP contribution < -0.4 is 0 Å². The van der Waals surface area contributed by atoms with E-state index in [9.17, 15) is 18.3 Å². The fourth-order valence-electron chi connectivity index (χ4n) is 1.52. The van der Waals surface area contributed by atoms with E-state index in [0.717, 1.165) is 6.07 Å². The van der Waals surface area contributed by atoms with Crippen LogP contribution >= 0.6 is 0 Å². The summed E-state index contributed by atoms with van der Waals surface area (Å²) in [5.41, 5.74) is -0.746. The molecular formula is C11H13F3O. The number of rotatable bonds is 2. The molecule has 15 heavy (non-hydrogen) atoms. The first-order valence-electron chi connectivity index (χ1n) is 4.77. The van der Waals surface area contributed by atoms with Crippen LogP contribution in [0.1, 0.15) is 37.3 Å². The number of hydrogen-bond donors (Lipinski definition) is 1. The molecule has 0 aromatic heterocycles. The average Bonchev–Trinajstić information content (AvgIpc) is 2.15. The van der Waals surface area contributed by atoms with Crippen molar-refractivity contribution in [2.75, 3.05) is 0 Å². The fourth-order valence-corrected chi connectivity index (χ4v) is 1.52. The van der Waals surface area contributed by atoms with Crippen LogP contribution in [0.15, 0.2) is 18.2 Å². The van der Waals surface area contributed by atoms with Crippen LogP contribution in [-0.4, -0.2) is 5.11 Å². The van der Waals surface area contributed by atoms with Crippen LogP contribution in [0, 0.1) is 0 Å². The molecule has 0 saturated carbocycles. The molecule has 84 valence electrons. The highest BCUT2D eigenvalue weighted by Gasteiger charge is 2.35. The van der Waals surface area contributed by atoms with Gasteiger partial charge in [0.15, 0.2) is 0 Å². The van der Waals surface area contributed by atoms with Crippen molar-refractivity contribution >= 4 is 0 Å². The highest BCUT2D eigenvalue weighted by Crippen LogP contribution is 2.40. The summed E-state index contributed by atoms with van der Waals surface area (Å²) in [5.74, 6) is -0.581. The van der Waals surface area contributed by atoms with E-state index >= 15 is 0 Å². The smallest absolute Gasteiger partial charge is 0.416 e. The SMILES string of the molecule is CCC(C)c1c(O)cccc1C(F)(F)F. The molecule has 0 bridgehead atoms. The number of hydrogen-bond acceptors (Lipinski definition) is 1. The Morgan fingerprint density at radius 2 is 1.93 bits per heavy atom. The molecule has 1 atom stereocenters. The van der Waals surface area contributed by atoms with Crippen molar-refractivity contribution in [1.29, 1.82) is 0 Å². The Balaban J connectivity index is 3.33. The Bertz CT molecular complexity index is 344. The molecule has 0 amide bonds. The second-order valence-electron chi connectivity index (χ2n) is 3.55. The molecule has 0 aliphatic carbocycles. The molecule has 0 aliphatic rings. The lowest BCUT2D eigenvalue weighted by Crippen LogP contribution is -2.10. The minimum atomic E-state index is -4.41. The molecule has 1 rings (SSSR count). The van der Waals surface area contributed by atoms with Gasteiger partial charge in [0.2, 0.25) is 0 Å². The minimum absolute atomic E-state index is 0.00694. The zero-order valence-corrected chi connectivity index (χ0v) is 8.60. The lowest BCUT2D eigenvalue weighted by Gasteiger charge is -2.18. The summed E-state index contributed by atoms with van der Waals surface area (Å²) in [6.07, 6.45) is -3.85.